The number of hydrogen-bond donors (Lipinski definition) is 0. The monoisotopic (exact) mass is 176 g/mol. The van der Waals surface area contributed by atoms with Gasteiger partial charge in [0.15, 0.2) is 0 Å². The molecule has 0 bridgehead atoms. The molecule has 4 nitrogen and oxygen atoms in total. The molecule has 4 heteroatoms. The van der Waals surface area contributed by atoms with E-state index in [9.17, 15) is 10.1 Å². The number of rotatable bonds is 2. The van der Waals surface area contributed by atoms with Gasteiger partial charge in [-0.2, -0.15) is 0 Å². The lowest BCUT2D eigenvalue weighted by molar-refractivity contribution is -0.384. The van der Waals surface area contributed by atoms with Crippen molar-refractivity contribution >= 4 is 11.4 Å². The standard InChI is InChI=1S/C9H8N2O2/c1-6-9(10-6)7-2-4-8(5-3-7)11(12)13/h2-6H,1H3. The molecule has 0 saturated carbocycles. The number of nitrogens with zero attached hydrogens (tertiary/aromatic N) is 2. The van der Waals surface area contributed by atoms with Crippen LogP contribution < -0.4 is 0 Å². The summed E-state index contributed by atoms with van der Waals surface area (Å²) < 4.78 is 0. The van der Waals surface area contributed by atoms with Gasteiger partial charge in [0.2, 0.25) is 0 Å². The maximum absolute atomic E-state index is 10.3. The van der Waals surface area contributed by atoms with E-state index < -0.39 is 4.92 Å². The minimum Gasteiger partial charge on any atom is -0.277 e. The summed E-state index contributed by atoms with van der Waals surface area (Å²) in [5.41, 5.74) is 2.14. The normalized spacial score (nSPS) is 19.5. The van der Waals surface area contributed by atoms with E-state index >= 15 is 0 Å². The lowest BCUT2D eigenvalue weighted by Crippen LogP contribution is -1.94. The maximum Gasteiger partial charge on any atom is 0.269 e. The van der Waals surface area contributed by atoms with Gasteiger partial charge in [0.25, 0.3) is 5.69 Å². The number of benzene rings is 1. The second-order valence-electron chi connectivity index (χ2n) is 2.99. The van der Waals surface area contributed by atoms with E-state index in [1.165, 1.54) is 12.1 Å². The Morgan fingerprint density at radius 1 is 1.38 bits per heavy atom. The molecule has 13 heavy (non-hydrogen) atoms. The maximum atomic E-state index is 10.3. The second-order valence-corrected chi connectivity index (χ2v) is 2.99. The smallest absolute Gasteiger partial charge is 0.269 e. The highest BCUT2D eigenvalue weighted by Gasteiger charge is 2.23. The zero-order valence-electron chi connectivity index (χ0n) is 7.10. The van der Waals surface area contributed by atoms with E-state index in [0.717, 1.165) is 11.3 Å². The molecule has 1 aliphatic heterocycles. The Balaban J connectivity index is 2.24. The van der Waals surface area contributed by atoms with Crippen LogP contribution in [0.4, 0.5) is 5.69 Å². The second kappa shape index (κ2) is 2.65. The molecular weight excluding hydrogens is 168 g/mol. The van der Waals surface area contributed by atoms with Gasteiger partial charge in [-0.3, -0.25) is 15.1 Å². The van der Waals surface area contributed by atoms with Gasteiger partial charge in [0.1, 0.15) is 0 Å². The third kappa shape index (κ3) is 1.42. The van der Waals surface area contributed by atoms with Crippen molar-refractivity contribution in [2.75, 3.05) is 0 Å². The summed E-state index contributed by atoms with van der Waals surface area (Å²) in [5, 5.41) is 10.3. The minimum absolute atomic E-state index is 0.123. The van der Waals surface area contributed by atoms with Crippen molar-refractivity contribution < 1.29 is 4.92 Å². The van der Waals surface area contributed by atoms with Gasteiger partial charge in [-0.15, -0.1) is 0 Å². The highest BCUT2D eigenvalue weighted by Crippen LogP contribution is 2.21. The highest BCUT2D eigenvalue weighted by molar-refractivity contribution is 6.13. The molecule has 0 aliphatic carbocycles. The average molecular weight is 176 g/mol. The molecule has 0 amide bonds. The van der Waals surface area contributed by atoms with Crippen LogP contribution in [0.15, 0.2) is 29.3 Å². The van der Waals surface area contributed by atoms with Crippen LogP contribution in [0.2, 0.25) is 0 Å². The highest BCUT2D eigenvalue weighted by atomic mass is 16.6. The molecule has 0 N–H and O–H groups in total. The van der Waals surface area contributed by atoms with Gasteiger partial charge in [0, 0.05) is 12.1 Å². The fraction of sp³-hybridized carbons (Fsp3) is 0.222. The number of non-ortho nitro benzene ring substituents is 1. The van der Waals surface area contributed by atoms with Crippen LogP contribution in [0.3, 0.4) is 0 Å². The molecule has 1 aromatic carbocycles. The first kappa shape index (κ1) is 7.91. The first-order valence-corrected chi connectivity index (χ1v) is 4.01. The van der Waals surface area contributed by atoms with Crippen LogP contribution in [-0.4, -0.2) is 16.7 Å². The van der Waals surface area contributed by atoms with Crippen molar-refractivity contribution in [3.8, 4) is 0 Å². The van der Waals surface area contributed by atoms with Gasteiger partial charge in [0.05, 0.1) is 16.7 Å². The number of nitro benzene ring substituents is 1. The average Bonchev–Trinajstić information content (AvgIpc) is 2.83. The lowest BCUT2D eigenvalue weighted by Gasteiger charge is -1.93. The number of aliphatic imine (C=N–C) groups is 1. The fourth-order valence-corrected chi connectivity index (χ4v) is 1.24. The molecule has 2 rings (SSSR count). The van der Waals surface area contributed by atoms with Crippen LogP contribution in [0.25, 0.3) is 0 Å². The van der Waals surface area contributed by atoms with Crippen LogP contribution in [-0.2, 0) is 0 Å². The van der Waals surface area contributed by atoms with Crippen LogP contribution >= 0.6 is 0 Å². The van der Waals surface area contributed by atoms with Crippen molar-refractivity contribution in [2.45, 2.75) is 13.0 Å². The molecular formula is C9H8N2O2. The van der Waals surface area contributed by atoms with E-state index in [0.29, 0.717) is 6.04 Å². The zero-order chi connectivity index (χ0) is 9.42. The summed E-state index contributed by atoms with van der Waals surface area (Å²) in [7, 11) is 0. The summed E-state index contributed by atoms with van der Waals surface area (Å²) in [6.07, 6.45) is 0. The first-order chi connectivity index (χ1) is 6.18. The molecule has 66 valence electrons. The molecule has 0 aromatic heterocycles. The van der Waals surface area contributed by atoms with E-state index in [2.05, 4.69) is 4.99 Å². The predicted molar refractivity (Wildman–Crippen MR) is 49.1 cm³/mol. The Morgan fingerprint density at radius 3 is 2.31 bits per heavy atom. The summed E-state index contributed by atoms with van der Waals surface area (Å²) in [6, 6.07) is 6.77. The van der Waals surface area contributed by atoms with Crippen molar-refractivity contribution in [3.63, 3.8) is 0 Å². The van der Waals surface area contributed by atoms with Crippen molar-refractivity contribution in [1.29, 1.82) is 0 Å². The zero-order valence-corrected chi connectivity index (χ0v) is 7.10. The molecule has 1 atom stereocenters. The summed E-state index contributed by atoms with van der Waals surface area (Å²) in [6.45, 7) is 2.00. The van der Waals surface area contributed by atoms with Crippen LogP contribution in [0.1, 0.15) is 12.5 Å². The van der Waals surface area contributed by atoms with Gasteiger partial charge >= 0.3 is 0 Å². The van der Waals surface area contributed by atoms with Gasteiger partial charge < -0.3 is 0 Å². The topological polar surface area (TPSA) is 55.5 Å². The number of nitro groups is 1. The quantitative estimate of drug-likeness (QED) is 0.509. The van der Waals surface area contributed by atoms with Crippen molar-refractivity contribution in [2.24, 2.45) is 4.99 Å². The Morgan fingerprint density at radius 2 is 1.92 bits per heavy atom. The first-order valence-electron chi connectivity index (χ1n) is 4.01. The van der Waals surface area contributed by atoms with Gasteiger partial charge in [-0.25, -0.2) is 0 Å². The molecule has 1 heterocycles. The van der Waals surface area contributed by atoms with E-state index in [4.69, 9.17) is 0 Å². The van der Waals surface area contributed by atoms with E-state index in [-0.39, 0.29) is 5.69 Å². The van der Waals surface area contributed by atoms with E-state index in [1.54, 1.807) is 12.1 Å². The molecule has 1 aliphatic rings. The summed E-state index contributed by atoms with van der Waals surface area (Å²) in [4.78, 5) is 14.1. The Labute approximate surface area is 75.1 Å². The predicted octanol–water partition coefficient (Wildman–Crippen LogP) is 1.79. The Hall–Kier alpha value is -1.71. The van der Waals surface area contributed by atoms with Gasteiger partial charge in [-0.05, 0) is 24.6 Å². The Kier molecular flexibility index (Phi) is 1.62. The molecule has 0 fully saturated rings. The van der Waals surface area contributed by atoms with Crippen molar-refractivity contribution in [1.82, 2.24) is 0 Å². The molecule has 1 aromatic rings. The Bertz CT molecular complexity index is 381. The molecule has 0 saturated heterocycles. The van der Waals surface area contributed by atoms with Crippen molar-refractivity contribution in [3.05, 3.63) is 39.9 Å². The lowest BCUT2D eigenvalue weighted by atomic mass is 10.1. The largest absolute Gasteiger partial charge is 0.277 e. The van der Waals surface area contributed by atoms with Gasteiger partial charge in [-0.1, -0.05) is 0 Å². The molecule has 0 radical (unpaired) electrons. The SMILES string of the molecule is CC1N=C1c1ccc([N+](=O)[O-])cc1. The third-order valence-corrected chi connectivity index (χ3v) is 2.03. The third-order valence-electron chi connectivity index (χ3n) is 2.03. The summed E-state index contributed by atoms with van der Waals surface area (Å²) >= 11 is 0. The minimum atomic E-state index is -0.401. The molecule has 0 spiro atoms. The van der Waals surface area contributed by atoms with E-state index in [1.807, 2.05) is 6.92 Å². The fourth-order valence-electron chi connectivity index (χ4n) is 1.24. The summed E-state index contributed by atoms with van der Waals surface area (Å²) in [5.74, 6) is 0. The molecule has 1 unspecified atom stereocenters. The van der Waals surface area contributed by atoms with Crippen LogP contribution in [0.5, 0.6) is 0 Å². The van der Waals surface area contributed by atoms with Crippen LogP contribution in [0, 0.1) is 10.1 Å². The number of hydrogen-bond acceptors (Lipinski definition) is 3.